The number of halogens is 2. The summed E-state index contributed by atoms with van der Waals surface area (Å²) in [7, 11) is 0. The molecular formula is C37H39ClFN7O5. The lowest BCUT2D eigenvalue weighted by Gasteiger charge is -2.37. The number of amides is 1. The molecule has 0 bridgehead atoms. The van der Waals surface area contributed by atoms with Gasteiger partial charge in [0.1, 0.15) is 23.6 Å². The maximum atomic E-state index is 16.7. The summed E-state index contributed by atoms with van der Waals surface area (Å²) >= 11 is 6.58. The number of anilines is 1. The number of pyridine rings is 1. The lowest BCUT2D eigenvalue weighted by molar-refractivity contribution is -0.197. The number of carbonyl (C=O) groups excluding carboxylic acids is 2. The standard InChI is InChI=1S/C33H34ClFN6O5.C2H3N.C2H2/c1-20(42)33(44,45)30(43)40-16-14-39(15-17-40)29-23-18-36-27(22-8-2-6-21-7-3-9-24(34)25(21)22)26(35)28(23)37-31(38-29)46-19-32-10-4-12-41(32)13-5-11-32;1-2-3;1-2/h2-3,6-9,18,44-45H,4-5,10-17,19H2,1H3;1H3;1-2H. The summed E-state index contributed by atoms with van der Waals surface area (Å²) < 4.78 is 22.9. The number of benzene rings is 2. The van der Waals surface area contributed by atoms with Crippen molar-refractivity contribution in [1.82, 2.24) is 24.8 Å². The smallest absolute Gasteiger partial charge is 0.319 e. The lowest BCUT2D eigenvalue weighted by atomic mass is 9.95. The predicted molar refractivity (Wildman–Crippen MR) is 191 cm³/mol. The summed E-state index contributed by atoms with van der Waals surface area (Å²) in [4.78, 5) is 43.7. The highest BCUT2D eigenvalue weighted by Gasteiger charge is 2.45. The zero-order valence-corrected chi connectivity index (χ0v) is 29.2. The van der Waals surface area contributed by atoms with Crippen molar-refractivity contribution in [2.75, 3.05) is 50.8 Å². The number of nitriles is 1. The molecule has 2 aromatic carbocycles. The van der Waals surface area contributed by atoms with E-state index in [9.17, 15) is 19.8 Å². The predicted octanol–water partition coefficient (Wildman–Crippen LogP) is 4.34. The fourth-order valence-corrected chi connectivity index (χ4v) is 7.44. The second-order valence-electron chi connectivity index (χ2n) is 12.6. The zero-order valence-electron chi connectivity index (χ0n) is 28.5. The molecule has 3 fully saturated rings. The zero-order chi connectivity index (χ0) is 36.9. The van der Waals surface area contributed by atoms with E-state index < -0.39 is 23.3 Å². The van der Waals surface area contributed by atoms with Gasteiger partial charge < -0.3 is 24.7 Å². The minimum atomic E-state index is -3.09. The summed E-state index contributed by atoms with van der Waals surface area (Å²) in [6.07, 6.45) is 13.8. The van der Waals surface area contributed by atoms with Gasteiger partial charge in [-0.3, -0.25) is 19.5 Å². The fourth-order valence-electron chi connectivity index (χ4n) is 7.16. The first-order valence-electron chi connectivity index (χ1n) is 16.6. The fraction of sp³-hybridized carbons (Fsp3) is 0.405. The molecule has 2 N–H and O–H groups in total. The Morgan fingerprint density at radius 2 is 1.69 bits per heavy atom. The van der Waals surface area contributed by atoms with Gasteiger partial charge >= 0.3 is 11.8 Å². The molecule has 266 valence electrons. The van der Waals surface area contributed by atoms with Gasteiger partial charge in [-0.15, -0.1) is 12.8 Å². The Kier molecular flexibility index (Phi) is 11.4. The summed E-state index contributed by atoms with van der Waals surface area (Å²) in [5, 5.41) is 29.7. The van der Waals surface area contributed by atoms with Crippen LogP contribution in [0.4, 0.5) is 10.2 Å². The molecule has 3 saturated heterocycles. The average Bonchev–Trinajstić information content (AvgIpc) is 3.72. The molecule has 0 unspecified atom stereocenters. The largest absolute Gasteiger partial charge is 0.461 e. The number of aliphatic hydroxyl groups is 2. The topological polar surface area (TPSA) is 156 Å². The second kappa shape index (κ2) is 15.5. The number of piperazine rings is 1. The molecule has 14 heteroatoms. The van der Waals surface area contributed by atoms with Crippen LogP contribution in [0.25, 0.3) is 32.9 Å². The van der Waals surface area contributed by atoms with Crippen LogP contribution in [0.15, 0.2) is 42.6 Å². The van der Waals surface area contributed by atoms with Gasteiger partial charge in [-0.05, 0) is 50.2 Å². The van der Waals surface area contributed by atoms with Crippen LogP contribution < -0.4 is 9.64 Å². The van der Waals surface area contributed by atoms with Gasteiger partial charge in [-0.1, -0.05) is 41.9 Å². The molecule has 2 aromatic heterocycles. The monoisotopic (exact) mass is 715 g/mol. The van der Waals surface area contributed by atoms with Crippen molar-refractivity contribution in [1.29, 1.82) is 5.26 Å². The highest BCUT2D eigenvalue weighted by atomic mass is 35.5. The minimum Gasteiger partial charge on any atom is -0.461 e. The molecule has 51 heavy (non-hydrogen) atoms. The van der Waals surface area contributed by atoms with Crippen LogP contribution in [0.5, 0.6) is 6.01 Å². The van der Waals surface area contributed by atoms with Crippen LogP contribution in [-0.2, 0) is 9.59 Å². The first-order valence-corrected chi connectivity index (χ1v) is 16.9. The molecular weight excluding hydrogens is 677 g/mol. The Labute approximate surface area is 300 Å². The Hall–Kier alpha value is -4.92. The quantitative estimate of drug-likeness (QED) is 0.159. The summed E-state index contributed by atoms with van der Waals surface area (Å²) in [6, 6.07) is 12.8. The van der Waals surface area contributed by atoms with Crippen LogP contribution in [-0.4, -0.2) is 104 Å². The number of hydrogen-bond donors (Lipinski definition) is 2. The molecule has 3 aliphatic heterocycles. The number of nitrogens with zero attached hydrogens (tertiary/aromatic N) is 7. The van der Waals surface area contributed by atoms with Crippen molar-refractivity contribution < 1.29 is 28.9 Å². The number of rotatable bonds is 7. The highest BCUT2D eigenvalue weighted by molar-refractivity contribution is 6.36. The van der Waals surface area contributed by atoms with E-state index in [0.717, 1.165) is 51.1 Å². The molecule has 12 nitrogen and oxygen atoms in total. The number of aromatic nitrogens is 3. The van der Waals surface area contributed by atoms with Crippen LogP contribution in [0.1, 0.15) is 39.5 Å². The number of carbonyl (C=O) groups is 2. The molecule has 5 heterocycles. The van der Waals surface area contributed by atoms with E-state index in [1.807, 2.05) is 29.2 Å². The molecule has 7 rings (SSSR count). The van der Waals surface area contributed by atoms with E-state index >= 15 is 4.39 Å². The van der Waals surface area contributed by atoms with Crippen molar-refractivity contribution in [2.45, 2.75) is 50.9 Å². The van der Waals surface area contributed by atoms with Crippen molar-refractivity contribution in [3.05, 3.63) is 53.4 Å². The summed E-state index contributed by atoms with van der Waals surface area (Å²) in [6.45, 7) is 5.44. The average molecular weight is 716 g/mol. The summed E-state index contributed by atoms with van der Waals surface area (Å²) in [5.74, 6) is -5.48. The lowest BCUT2D eigenvalue weighted by Crippen LogP contribution is -2.58. The highest BCUT2D eigenvalue weighted by Crippen LogP contribution is 2.40. The van der Waals surface area contributed by atoms with Crippen LogP contribution in [0.3, 0.4) is 0 Å². The molecule has 3 aliphatic rings. The third-order valence-electron chi connectivity index (χ3n) is 9.69. The third kappa shape index (κ3) is 7.16. The van der Waals surface area contributed by atoms with E-state index in [2.05, 4.69) is 27.7 Å². The third-order valence-corrected chi connectivity index (χ3v) is 10.0. The number of hydrogen-bond acceptors (Lipinski definition) is 11. The number of ketones is 1. The molecule has 0 aliphatic carbocycles. The van der Waals surface area contributed by atoms with Gasteiger partial charge in [-0.2, -0.15) is 15.2 Å². The van der Waals surface area contributed by atoms with Gasteiger partial charge in [0.2, 0.25) is 0 Å². The van der Waals surface area contributed by atoms with E-state index in [0.29, 0.717) is 33.8 Å². The maximum Gasteiger partial charge on any atom is 0.319 e. The van der Waals surface area contributed by atoms with Gasteiger partial charge in [0.25, 0.3) is 5.91 Å². The van der Waals surface area contributed by atoms with Crippen molar-refractivity contribution >= 4 is 50.8 Å². The number of ether oxygens (including phenoxy) is 1. The van der Waals surface area contributed by atoms with Crippen molar-refractivity contribution in [3.8, 4) is 36.2 Å². The Morgan fingerprint density at radius 3 is 2.31 bits per heavy atom. The Bertz CT molecular complexity index is 1990. The van der Waals surface area contributed by atoms with Gasteiger partial charge in [0, 0.05) is 62.2 Å². The van der Waals surface area contributed by atoms with Crippen LogP contribution >= 0.6 is 11.6 Å². The normalized spacial score (nSPS) is 16.8. The first-order chi connectivity index (χ1) is 24.5. The molecule has 4 aromatic rings. The first kappa shape index (κ1) is 37.3. The van der Waals surface area contributed by atoms with E-state index in [4.69, 9.17) is 26.6 Å². The maximum absolute atomic E-state index is 16.7. The number of fused-ring (bicyclic) bond motifs is 3. The van der Waals surface area contributed by atoms with Gasteiger partial charge in [0.05, 0.1) is 17.0 Å². The number of Topliss-reactive ketones (excluding diaryl/α,β-unsaturated/α-hetero) is 1. The van der Waals surface area contributed by atoms with Crippen LogP contribution in [0, 0.1) is 30.0 Å². The molecule has 1 amide bonds. The van der Waals surface area contributed by atoms with Crippen molar-refractivity contribution in [3.63, 3.8) is 0 Å². The SMILES string of the molecule is C#C.CC#N.CC(=O)C(O)(O)C(=O)N1CCN(c2nc(OCC34CCCN3CCC4)nc3c(F)c(-c4cccc5cccc(Cl)c45)ncc23)CC1. The summed E-state index contributed by atoms with van der Waals surface area (Å²) in [5.41, 5.74) is 0.593. The Morgan fingerprint density at radius 1 is 1.06 bits per heavy atom. The van der Waals surface area contributed by atoms with Gasteiger partial charge in [-0.25, -0.2) is 4.39 Å². The van der Waals surface area contributed by atoms with Gasteiger partial charge in [0.15, 0.2) is 11.6 Å². The van der Waals surface area contributed by atoms with E-state index in [-0.39, 0.29) is 48.9 Å². The molecule has 0 spiro atoms. The molecule has 0 saturated carbocycles. The van der Waals surface area contributed by atoms with Crippen LogP contribution in [0.2, 0.25) is 5.02 Å². The van der Waals surface area contributed by atoms with E-state index in [1.54, 1.807) is 18.2 Å². The Balaban J connectivity index is 0.000000959. The second-order valence-corrected chi connectivity index (χ2v) is 13.0. The van der Waals surface area contributed by atoms with E-state index in [1.165, 1.54) is 18.0 Å². The number of terminal acetylenes is 1. The minimum absolute atomic E-state index is 0.0427. The molecule has 0 radical (unpaired) electrons. The molecule has 0 atom stereocenters. The van der Waals surface area contributed by atoms with Crippen molar-refractivity contribution in [2.24, 2.45) is 0 Å².